The van der Waals surface area contributed by atoms with Crippen LogP contribution in [0.2, 0.25) is 9.49 Å². The topological polar surface area (TPSA) is 42.0 Å². The van der Waals surface area contributed by atoms with Crippen LogP contribution in [0.4, 0.5) is 0 Å². The second-order valence-corrected chi connectivity index (χ2v) is 6.45. The van der Waals surface area contributed by atoms with Gasteiger partial charge in [-0.2, -0.15) is 0 Å². The molecule has 0 saturated carbocycles. The van der Waals surface area contributed by atoms with Gasteiger partial charge in [-0.1, -0.05) is 23.2 Å². The van der Waals surface area contributed by atoms with Gasteiger partial charge in [0.15, 0.2) is 0 Å². The largest absolute Gasteiger partial charge is 0.347 e. The molecule has 0 fully saturated rings. The molecule has 7 heteroatoms. The standard InChI is InChI=1S/C11H7BrCl2N2OS/c12-6-3-8(10(14)15-4-6)11(17)16-5-7-1-2-9(13)18-7/h1-4H,5H2,(H,16,17). The summed E-state index contributed by atoms with van der Waals surface area (Å²) in [6.07, 6.45) is 1.54. The third-order valence-corrected chi connectivity index (χ3v) is 4.07. The van der Waals surface area contributed by atoms with Crippen LogP contribution in [0.3, 0.4) is 0 Å². The maximum absolute atomic E-state index is 11.9. The van der Waals surface area contributed by atoms with Crippen molar-refractivity contribution in [2.45, 2.75) is 6.54 Å². The molecule has 2 heterocycles. The van der Waals surface area contributed by atoms with E-state index in [0.717, 1.165) is 4.88 Å². The van der Waals surface area contributed by atoms with Crippen LogP contribution in [0.1, 0.15) is 15.2 Å². The monoisotopic (exact) mass is 364 g/mol. The summed E-state index contributed by atoms with van der Waals surface area (Å²) in [6.45, 7) is 0.416. The third-order valence-electron chi connectivity index (χ3n) is 2.10. The molecule has 0 spiro atoms. The first-order valence-corrected chi connectivity index (χ1v) is 7.26. The van der Waals surface area contributed by atoms with E-state index in [1.807, 2.05) is 6.07 Å². The van der Waals surface area contributed by atoms with E-state index in [4.69, 9.17) is 23.2 Å². The van der Waals surface area contributed by atoms with E-state index in [9.17, 15) is 4.79 Å². The molecule has 94 valence electrons. The van der Waals surface area contributed by atoms with Crippen LogP contribution in [0.5, 0.6) is 0 Å². The van der Waals surface area contributed by atoms with Crippen molar-refractivity contribution >= 4 is 56.4 Å². The highest BCUT2D eigenvalue weighted by molar-refractivity contribution is 9.10. The fraction of sp³-hybridized carbons (Fsp3) is 0.0909. The van der Waals surface area contributed by atoms with E-state index >= 15 is 0 Å². The smallest absolute Gasteiger partial charge is 0.254 e. The van der Waals surface area contributed by atoms with E-state index < -0.39 is 0 Å². The van der Waals surface area contributed by atoms with Crippen molar-refractivity contribution in [3.05, 3.63) is 48.8 Å². The molecule has 0 unspecified atom stereocenters. The zero-order valence-corrected chi connectivity index (χ0v) is 12.8. The van der Waals surface area contributed by atoms with E-state index in [1.54, 1.807) is 12.1 Å². The third kappa shape index (κ3) is 3.45. The molecule has 0 aliphatic carbocycles. The number of aromatic nitrogens is 1. The Morgan fingerprint density at radius 2 is 2.22 bits per heavy atom. The molecule has 2 aromatic heterocycles. The van der Waals surface area contributed by atoms with Gasteiger partial charge in [-0.3, -0.25) is 4.79 Å². The highest BCUT2D eigenvalue weighted by atomic mass is 79.9. The number of carbonyl (C=O) groups excluding carboxylic acids is 1. The summed E-state index contributed by atoms with van der Waals surface area (Å²) in [5.74, 6) is -0.265. The first-order chi connectivity index (χ1) is 8.56. The Labute approximate surface area is 126 Å². The van der Waals surface area contributed by atoms with Crippen LogP contribution in [0, 0.1) is 0 Å². The lowest BCUT2D eigenvalue weighted by Gasteiger charge is -2.05. The molecule has 1 amide bonds. The van der Waals surface area contributed by atoms with Gasteiger partial charge < -0.3 is 5.32 Å². The van der Waals surface area contributed by atoms with E-state index in [2.05, 4.69) is 26.2 Å². The number of rotatable bonds is 3. The normalized spacial score (nSPS) is 10.4. The van der Waals surface area contributed by atoms with Crippen molar-refractivity contribution in [1.29, 1.82) is 0 Å². The highest BCUT2D eigenvalue weighted by Crippen LogP contribution is 2.22. The van der Waals surface area contributed by atoms with E-state index in [1.165, 1.54) is 17.5 Å². The number of nitrogens with zero attached hydrogens (tertiary/aromatic N) is 1. The van der Waals surface area contributed by atoms with Crippen LogP contribution in [-0.2, 0) is 6.54 Å². The summed E-state index contributed by atoms with van der Waals surface area (Å²) < 4.78 is 1.40. The van der Waals surface area contributed by atoms with Gasteiger partial charge >= 0.3 is 0 Å². The lowest BCUT2D eigenvalue weighted by atomic mass is 10.2. The van der Waals surface area contributed by atoms with Gasteiger partial charge in [-0.15, -0.1) is 11.3 Å². The molecule has 2 aromatic rings. The van der Waals surface area contributed by atoms with Gasteiger partial charge in [-0.25, -0.2) is 4.98 Å². The molecule has 0 aliphatic rings. The van der Waals surface area contributed by atoms with Crippen molar-refractivity contribution < 1.29 is 4.79 Å². The molecule has 0 radical (unpaired) electrons. The van der Waals surface area contributed by atoms with Gasteiger partial charge in [0.2, 0.25) is 0 Å². The Bertz CT molecular complexity index is 588. The van der Waals surface area contributed by atoms with Crippen molar-refractivity contribution in [3.8, 4) is 0 Å². The number of carbonyl (C=O) groups is 1. The Morgan fingerprint density at radius 3 is 2.89 bits per heavy atom. The number of hydrogen-bond acceptors (Lipinski definition) is 3. The number of amides is 1. The Hall–Kier alpha value is -0.620. The van der Waals surface area contributed by atoms with Gasteiger partial charge in [-0.05, 0) is 34.1 Å². The fourth-order valence-corrected chi connectivity index (χ4v) is 2.84. The predicted octanol–water partition coefficient (Wildman–Crippen LogP) is 4.14. The van der Waals surface area contributed by atoms with Crippen LogP contribution < -0.4 is 5.32 Å². The molecule has 0 aliphatic heterocycles. The van der Waals surface area contributed by atoms with Gasteiger partial charge in [0.1, 0.15) is 5.15 Å². The Balaban J connectivity index is 2.05. The lowest BCUT2D eigenvalue weighted by molar-refractivity contribution is 0.0951. The average Bonchev–Trinajstić information content (AvgIpc) is 2.75. The molecule has 3 nitrogen and oxygen atoms in total. The number of pyridine rings is 1. The molecule has 18 heavy (non-hydrogen) atoms. The minimum absolute atomic E-state index is 0.180. The van der Waals surface area contributed by atoms with Crippen molar-refractivity contribution in [2.24, 2.45) is 0 Å². The van der Waals surface area contributed by atoms with Crippen LogP contribution >= 0.6 is 50.5 Å². The number of thiophene rings is 1. The Kier molecular flexibility index (Phi) is 4.61. The van der Waals surface area contributed by atoms with E-state index in [0.29, 0.717) is 20.9 Å². The molecule has 0 bridgehead atoms. The van der Waals surface area contributed by atoms with Crippen LogP contribution in [0.25, 0.3) is 0 Å². The Morgan fingerprint density at radius 1 is 1.44 bits per heavy atom. The first kappa shape index (κ1) is 13.8. The van der Waals surface area contributed by atoms with Gasteiger partial charge in [0.05, 0.1) is 16.4 Å². The maximum Gasteiger partial charge on any atom is 0.254 e. The van der Waals surface area contributed by atoms with Crippen molar-refractivity contribution in [2.75, 3.05) is 0 Å². The van der Waals surface area contributed by atoms with Crippen LogP contribution in [-0.4, -0.2) is 10.9 Å². The summed E-state index contributed by atoms with van der Waals surface area (Å²) >= 11 is 16.3. The molecule has 0 aromatic carbocycles. The molecule has 2 rings (SSSR count). The summed E-state index contributed by atoms with van der Waals surface area (Å²) in [6, 6.07) is 5.29. The van der Waals surface area contributed by atoms with Gasteiger partial charge in [0, 0.05) is 15.5 Å². The lowest BCUT2D eigenvalue weighted by Crippen LogP contribution is -2.22. The fourth-order valence-electron chi connectivity index (χ4n) is 1.29. The van der Waals surface area contributed by atoms with Crippen molar-refractivity contribution in [3.63, 3.8) is 0 Å². The average molecular weight is 366 g/mol. The quantitative estimate of drug-likeness (QED) is 0.830. The zero-order valence-electron chi connectivity index (χ0n) is 8.91. The minimum atomic E-state index is -0.265. The molecule has 0 atom stereocenters. The zero-order chi connectivity index (χ0) is 13.1. The van der Waals surface area contributed by atoms with Crippen molar-refractivity contribution in [1.82, 2.24) is 10.3 Å². The number of halogens is 3. The number of nitrogens with one attached hydrogen (secondary N) is 1. The SMILES string of the molecule is O=C(NCc1ccc(Cl)s1)c1cc(Br)cnc1Cl. The van der Waals surface area contributed by atoms with Gasteiger partial charge in [0.25, 0.3) is 5.91 Å². The molecular weight excluding hydrogens is 359 g/mol. The second kappa shape index (κ2) is 6.02. The first-order valence-electron chi connectivity index (χ1n) is 4.89. The minimum Gasteiger partial charge on any atom is -0.347 e. The molecular formula is C11H7BrCl2N2OS. The molecule has 0 saturated heterocycles. The predicted molar refractivity (Wildman–Crippen MR) is 77.4 cm³/mol. The summed E-state index contributed by atoms with van der Waals surface area (Å²) in [5, 5.41) is 2.94. The summed E-state index contributed by atoms with van der Waals surface area (Å²) in [4.78, 5) is 16.8. The highest BCUT2D eigenvalue weighted by Gasteiger charge is 2.12. The summed E-state index contributed by atoms with van der Waals surface area (Å²) in [7, 11) is 0. The summed E-state index contributed by atoms with van der Waals surface area (Å²) in [5.41, 5.74) is 0.341. The molecule has 1 N–H and O–H groups in total. The van der Waals surface area contributed by atoms with Crippen LogP contribution in [0.15, 0.2) is 28.9 Å². The maximum atomic E-state index is 11.9. The number of hydrogen-bond donors (Lipinski definition) is 1. The second-order valence-electron chi connectivity index (χ2n) is 3.38. The van der Waals surface area contributed by atoms with E-state index in [-0.39, 0.29) is 11.1 Å².